The van der Waals surface area contributed by atoms with E-state index in [0.29, 0.717) is 36.2 Å². The van der Waals surface area contributed by atoms with Gasteiger partial charge in [-0.05, 0) is 18.9 Å². The van der Waals surface area contributed by atoms with Crippen molar-refractivity contribution in [1.29, 1.82) is 0 Å². The molecule has 3 saturated heterocycles. The average Bonchev–Trinajstić information content (AvgIpc) is 3.21. The van der Waals surface area contributed by atoms with Crippen LogP contribution in [0.15, 0.2) is 23.2 Å². The number of hydrogen-bond acceptors (Lipinski definition) is 2. The largest absolute Gasteiger partial charge is 0.374 e. The molecule has 0 aromatic heterocycles. The van der Waals surface area contributed by atoms with Crippen molar-refractivity contribution in [2.75, 3.05) is 20.1 Å². The first kappa shape index (κ1) is 17.8. The van der Waals surface area contributed by atoms with Crippen LogP contribution >= 0.6 is 24.0 Å². The molecule has 7 heteroatoms. The number of fused-ring (bicyclic) bond motifs is 5. The molecule has 4 rings (SSSR count). The van der Waals surface area contributed by atoms with Gasteiger partial charge in [0.2, 0.25) is 0 Å². The molecule has 132 valence electrons. The second-order valence-electron chi connectivity index (χ2n) is 6.66. The van der Waals surface area contributed by atoms with E-state index in [1.807, 2.05) is 0 Å². The first-order valence-corrected chi connectivity index (χ1v) is 8.20. The third-order valence-corrected chi connectivity index (χ3v) is 5.42. The Bertz CT molecular complexity index is 624. The van der Waals surface area contributed by atoms with E-state index in [1.54, 1.807) is 7.05 Å². The summed E-state index contributed by atoms with van der Waals surface area (Å²) >= 11 is 0. The van der Waals surface area contributed by atoms with Crippen LogP contribution in [-0.4, -0.2) is 43.2 Å². The molecule has 1 N–H and O–H groups in total. The smallest absolute Gasteiger partial charge is 0.193 e. The lowest BCUT2D eigenvalue weighted by Gasteiger charge is -2.23. The molecule has 3 aliphatic heterocycles. The van der Waals surface area contributed by atoms with Crippen LogP contribution in [0.2, 0.25) is 0 Å². The highest BCUT2D eigenvalue weighted by atomic mass is 127. The van der Waals surface area contributed by atoms with E-state index in [1.165, 1.54) is 25.0 Å². The van der Waals surface area contributed by atoms with E-state index >= 15 is 0 Å². The third-order valence-electron chi connectivity index (χ3n) is 5.42. The number of hydrogen-bond donors (Lipinski definition) is 1. The topological polar surface area (TPSA) is 36.9 Å². The molecule has 4 atom stereocenters. The summed E-state index contributed by atoms with van der Waals surface area (Å²) in [5.41, 5.74) is 0.440. The molecule has 24 heavy (non-hydrogen) atoms. The fraction of sp³-hybridized carbons (Fsp3) is 0.588. The average molecular weight is 449 g/mol. The lowest BCUT2D eigenvalue weighted by Crippen LogP contribution is -2.41. The van der Waals surface area contributed by atoms with Gasteiger partial charge in [0.15, 0.2) is 5.96 Å². The second-order valence-corrected chi connectivity index (χ2v) is 6.66. The van der Waals surface area contributed by atoms with E-state index in [0.717, 1.165) is 25.1 Å². The van der Waals surface area contributed by atoms with E-state index in [-0.39, 0.29) is 24.0 Å². The molecule has 2 bridgehead atoms. The summed E-state index contributed by atoms with van der Waals surface area (Å²) in [4.78, 5) is 6.56. The van der Waals surface area contributed by atoms with E-state index < -0.39 is 11.6 Å². The number of benzene rings is 1. The molecular weight excluding hydrogens is 427 g/mol. The summed E-state index contributed by atoms with van der Waals surface area (Å²) in [5.74, 6) is 0.878. The fourth-order valence-corrected chi connectivity index (χ4v) is 4.30. The van der Waals surface area contributed by atoms with Crippen molar-refractivity contribution in [3.05, 3.63) is 35.4 Å². The highest BCUT2D eigenvalue weighted by Crippen LogP contribution is 2.47. The van der Waals surface area contributed by atoms with E-state index in [4.69, 9.17) is 4.74 Å². The zero-order valence-electron chi connectivity index (χ0n) is 13.5. The van der Waals surface area contributed by atoms with Crippen LogP contribution in [0.3, 0.4) is 0 Å². The summed E-state index contributed by atoms with van der Waals surface area (Å²) < 4.78 is 32.7. The Morgan fingerprint density at radius 2 is 1.92 bits per heavy atom. The van der Waals surface area contributed by atoms with Crippen molar-refractivity contribution in [1.82, 2.24) is 10.2 Å². The third kappa shape index (κ3) is 3.12. The molecular formula is C17H22F2IN3O. The molecule has 1 aromatic rings. The van der Waals surface area contributed by atoms with Gasteiger partial charge in [-0.3, -0.25) is 4.99 Å². The quantitative estimate of drug-likeness (QED) is 0.429. The van der Waals surface area contributed by atoms with Crippen molar-refractivity contribution < 1.29 is 13.5 Å². The Morgan fingerprint density at radius 3 is 2.50 bits per heavy atom. The summed E-state index contributed by atoms with van der Waals surface area (Å²) in [6.07, 6.45) is 3.16. The van der Waals surface area contributed by atoms with Crippen molar-refractivity contribution in [3.8, 4) is 0 Å². The number of halogens is 3. The molecule has 0 saturated carbocycles. The normalized spacial score (nSPS) is 31.1. The van der Waals surface area contributed by atoms with Crippen LogP contribution in [0.25, 0.3) is 0 Å². The van der Waals surface area contributed by atoms with Gasteiger partial charge in [0.25, 0.3) is 0 Å². The summed E-state index contributed by atoms with van der Waals surface area (Å²) in [7, 11) is 1.74. The SMILES string of the molecule is CN=C(NCc1ccc(F)cc1F)N1CC2C3CCC(O3)C2C1.I. The van der Waals surface area contributed by atoms with Crippen LogP contribution in [-0.2, 0) is 11.3 Å². The van der Waals surface area contributed by atoms with Gasteiger partial charge in [0.1, 0.15) is 11.6 Å². The lowest BCUT2D eigenvalue weighted by molar-refractivity contribution is 0.0767. The van der Waals surface area contributed by atoms with Gasteiger partial charge in [-0.1, -0.05) is 6.07 Å². The minimum atomic E-state index is -0.557. The molecule has 0 radical (unpaired) electrons. The highest BCUT2D eigenvalue weighted by Gasteiger charge is 2.53. The number of nitrogens with zero attached hydrogens (tertiary/aromatic N) is 2. The van der Waals surface area contributed by atoms with E-state index in [9.17, 15) is 8.78 Å². The van der Waals surface area contributed by atoms with Crippen molar-refractivity contribution >= 4 is 29.9 Å². The first-order valence-electron chi connectivity index (χ1n) is 8.20. The Labute approximate surface area is 157 Å². The Kier molecular flexibility index (Phi) is 5.29. The Hall–Kier alpha value is -0.960. The van der Waals surface area contributed by atoms with Crippen molar-refractivity contribution in [2.24, 2.45) is 16.8 Å². The monoisotopic (exact) mass is 449 g/mol. The predicted octanol–water partition coefficient (Wildman–Crippen LogP) is 2.77. The van der Waals surface area contributed by atoms with Crippen LogP contribution in [0, 0.1) is 23.5 Å². The number of rotatable bonds is 2. The van der Waals surface area contributed by atoms with Crippen molar-refractivity contribution in [3.63, 3.8) is 0 Å². The molecule has 0 spiro atoms. The summed E-state index contributed by atoms with van der Waals surface area (Å²) in [5, 5.41) is 3.20. The maximum atomic E-state index is 13.7. The minimum Gasteiger partial charge on any atom is -0.374 e. The molecule has 0 aliphatic carbocycles. The van der Waals surface area contributed by atoms with Crippen LogP contribution in [0.5, 0.6) is 0 Å². The Morgan fingerprint density at radius 1 is 1.25 bits per heavy atom. The summed E-state index contributed by atoms with van der Waals surface area (Å²) in [6, 6.07) is 3.66. The number of ether oxygens (including phenoxy) is 1. The molecule has 3 aliphatic rings. The van der Waals surface area contributed by atoms with Crippen molar-refractivity contribution in [2.45, 2.75) is 31.6 Å². The number of likely N-dealkylation sites (tertiary alicyclic amines) is 1. The van der Waals surface area contributed by atoms with Crippen LogP contribution in [0.1, 0.15) is 18.4 Å². The highest BCUT2D eigenvalue weighted by molar-refractivity contribution is 14.0. The molecule has 3 heterocycles. The van der Waals surface area contributed by atoms with Gasteiger partial charge in [0, 0.05) is 50.1 Å². The lowest BCUT2D eigenvalue weighted by atomic mass is 9.82. The predicted molar refractivity (Wildman–Crippen MR) is 98.4 cm³/mol. The maximum absolute atomic E-state index is 13.7. The van der Waals surface area contributed by atoms with Gasteiger partial charge < -0.3 is 15.0 Å². The molecule has 3 fully saturated rings. The fourth-order valence-electron chi connectivity index (χ4n) is 4.30. The number of nitrogens with one attached hydrogen (secondary N) is 1. The van der Waals surface area contributed by atoms with Crippen LogP contribution < -0.4 is 5.32 Å². The van der Waals surface area contributed by atoms with Gasteiger partial charge in [-0.2, -0.15) is 0 Å². The number of aliphatic imine (C=N–C) groups is 1. The van der Waals surface area contributed by atoms with E-state index in [2.05, 4.69) is 15.2 Å². The zero-order valence-corrected chi connectivity index (χ0v) is 15.9. The molecule has 4 nitrogen and oxygen atoms in total. The molecule has 1 aromatic carbocycles. The minimum absolute atomic E-state index is 0. The van der Waals surface area contributed by atoms with Crippen LogP contribution in [0.4, 0.5) is 8.78 Å². The van der Waals surface area contributed by atoms with Gasteiger partial charge in [-0.25, -0.2) is 8.78 Å². The zero-order chi connectivity index (χ0) is 16.0. The second kappa shape index (κ2) is 7.11. The molecule has 4 unspecified atom stereocenters. The maximum Gasteiger partial charge on any atom is 0.193 e. The Balaban J connectivity index is 0.00000169. The van der Waals surface area contributed by atoms with Gasteiger partial charge in [0.05, 0.1) is 12.2 Å². The molecule has 0 amide bonds. The number of guanidine groups is 1. The standard InChI is InChI=1S/C17H21F2N3O.HI/c1-20-17(21-7-10-2-3-11(18)6-14(10)19)22-8-12-13(9-22)16-5-4-15(12)23-16;/h2-3,6,12-13,15-16H,4-5,7-9H2,1H3,(H,20,21);1H. The summed E-state index contributed by atoms with van der Waals surface area (Å²) in [6.45, 7) is 2.18. The first-order chi connectivity index (χ1) is 11.2. The van der Waals surface area contributed by atoms with Gasteiger partial charge >= 0.3 is 0 Å². The van der Waals surface area contributed by atoms with Gasteiger partial charge in [-0.15, -0.1) is 24.0 Å².